The quantitative estimate of drug-likeness (QED) is 0.181. The zero-order chi connectivity index (χ0) is 32.3. The molecular formula is C46H30N2S. The first-order valence-electron chi connectivity index (χ1n) is 16.7. The summed E-state index contributed by atoms with van der Waals surface area (Å²) in [4.78, 5) is 2.46. The molecule has 0 N–H and O–H groups in total. The number of para-hydroxylation sites is 2. The third-order valence-electron chi connectivity index (χ3n) is 9.75. The maximum absolute atomic E-state index is 2.46. The molecule has 3 heteroatoms. The molecular weight excluding hydrogens is 613 g/mol. The van der Waals surface area contributed by atoms with Gasteiger partial charge >= 0.3 is 0 Å². The summed E-state index contributed by atoms with van der Waals surface area (Å²) >= 11 is 1.88. The van der Waals surface area contributed by atoms with Crippen LogP contribution in [0.2, 0.25) is 0 Å². The number of fused-ring (bicyclic) bond motifs is 8. The second kappa shape index (κ2) is 11.2. The SMILES string of the molecule is c1ccc(-c2cccc(N(c3ccc4c5ccccc5n(-c5ccccc5)c4c3)c3cccc4c3sc3ccc5ccccc5c34)c2)cc1. The van der Waals surface area contributed by atoms with E-state index in [2.05, 4.69) is 191 Å². The van der Waals surface area contributed by atoms with E-state index in [0.717, 1.165) is 17.1 Å². The van der Waals surface area contributed by atoms with Crippen LogP contribution in [0.1, 0.15) is 0 Å². The van der Waals surface area contributed by atoms with Crippen LogP contribution in [0.3, 0.4) is 0 Å². The molecule has 0 saturated heterocycles. The molecule has 0 spiro atoms. The fourth-order valence-electron chi connectivity index (χ4n) is 7.57. The van der Waals surface area contributed by atoms with Gasteiger partial charge in [-0.1, -0.05) is 127 Å². The molecule has 0 fully saturated rings. The van der Waals surface area contributed by atoms with Crippen molar-refractivity contribution in [2.75, 3.05) is 4.90 Å². The van der Waals surface area contributed by atoms with E-state index in [1.807, 2.05) is 11.3 Å². The van der Waals surface area contributed by atoms with Crippen molar-refractivity contribution in [3.8, 4) is 16.8 Å². The van der Waals surface area contributed by atoms with Crippen molar-refractivity contribution in [1.82, 2.24) is 4.57 Å². The Balaban J connectivity index is 1.27. The molecule has 2 nitrogen and oxygen atoms in total. The minimum Gasteiger partial charge on any atom is -0.309 e. The number of hydrogen-bond acceptors (Lipinski definition) is 2. The standard InChI is InChI=1S/C46H30N2S/c1-3-13-31(14-4-1)33-16-11-19-35(29-33)47(42-24-12-22-40-45-37-20-8-7-15-32(37)25-28-44(45)49-46(40)42)36-26-27-39-38-21-9-10-23-41(38)48(43(39)30-36)34-17-5-2-6-18-34/h1-30H. The minimum absolute atomic E-state index is 1.12. The first-order valence-corrected chi connectivity index (χ1v) is 17.5. The maximum atomic E-state index is 2.46. The molecule has 0 unspecified atom stereocenters. The van der Waals surface area contributed by atoms with E-state index in [1.165, 1.54) is 69.6 Å². The Bertz CT molecular complexity index is 2830. The Morgan fingerprint density at radius 3 is 1.98 bits per heavy atom. The highest BCUT2D eigenvalue weighted by Gasteiger charge is 2.21. The molecule has 230 valence electrons. The summed E-state index contributed by atoms with van der Waals surface area (Å²) in [6.45, 7) is 0. The maximum Gasteiger partial charge on any atom is 0.0640 e. The van der Waals surface area contributed by atoms with Crippen LogP contribution in [0.4, 0.5) is 17.1 Å². The summed E-state index contributed by atoms with van der Waals surface area (Å²) in [6.07, 6.45) is 0. The number of hydrogen-bond donors (Lipinski definition) is 0. The van der Waals surface area contributed by atoms with Gasteiger partial charge in [-0.25, -0.2) is 0 Å². The van der Waals surface area contributed by atoms with Gasteiger partial charge in [0.1, 0.15) is 0 Å². The molecule has 0 aliphatic carbocycles. The van der Waals surface area contributed by atoms with Crippen LogP contribution >= 0.6 is 11.3 Å². The van der Waals surface area contributed by atoms with Crippen LogP contribution in [-0.4, -0.2) is 4.57 Å². The molecule has 10 rings (SSSR count). The van der Waals surface area contributed by atoms with Crippen LogP contribution < -0.4 is 4.90 Å². The van der Waals surface area contributed by atoms with Crippen LogP contribution in [0, 0.1) is 0 Å². The van der Waals surface area contributed by atoms with Crippen LogP contribution in [-0.2, 0) is 0 Å². The lowest BCUT2D eigenvalue weighted by Crippen LogP contribution is -2.10. The second-order valence-corrected chi connectivity index (χ2v) is 13.6. The third kappa shape index (κ3) is 4.47. The summed E-state index contributed by atoms with van der Waals surface area (Å²) in [7, 11) is 0. The van der Waals surface area contributed by atoms with Gasteiger partial charge in [-0.3, -0.25) is 0 Å². The van der Waals surface area contributed by atoms with Crippen molar-refractivity contribution >= 4 is 81.1 Å². The Labute approximate surface area is 288 Å². The van der Waals surface area contributed by atoms with Crippen LogP contribution in [0.5, 0.6) is 0 Å². The highest BCUT2D eigenvalue weighted by Crippen LogP contribution is 2.47. The van der Waals surface area contributed by atoms with Gasteiger partial charge in [-0.2, -0.15) is 0 Å². The van der Waals surface area contributed by atoms with Gasteiger partial charge in [0.25, 0.3) is 0 Å². The van der Waals surface area contributed by atoms with Crippen molar-refractivity contribution in [3.05, 3.63) is 182 Å². The van der Waals surface area contributed by atoms with Gasteiger partial charge in [-0.05, 0) is 76.5 Å². The van der Waals surface area contributed by atoms with Gasteiger partial charge in [0.05, 0.1) is 21.4 Å². The van der Waals surface area contributed by atoms with E-state index in [1.54, 1.807) is 0 Å². The lowest BCUT2D eigenvalue weighted by molar-refractivity contribution is 1.18. The Kier molecular flexibility index (Phi) is 6.39. The molecule has 0 atom stereocenters. The molecule has 0 bridgehead atoms. The van der Waals surface area contributed by atoms with Gasteiger partial charge in [-0.15, -0.1) is 11.3 Å². The number of benzene rings is 8. The third-order valence-corrected chi connectivity index (χ3v) is 10.9. The average Bonchev–Trinajstić information content (AvgIpc) is 3.72. The largest absolute Gasteiger partial charge is 0.309 e. The first kappa shape index (κ1) is 27.9. The number of aromatic nitrogens is 1. The van der Waals surface area contributed by atoms with Gasteiger partial charge in [0.2, 0.25) is 0 Å². The van der Waals surface area contributed by atoms with Crippen LogP contribution in [0.15, 0.2) is 182 Å². The topological polar surface area (TPSA) is 8.17 Å². The molecule has 0 aliphatic heterocycles. The molecule has 0 aliphatic rings. The second-order valence-electron chi connectivity index (χ2n) is 12.6. The van der Waals surface area contributed by atoms with E-state index < -0.39 is 0 Å². The molecule has 2 aromatic heterocycles. The smallest absolute Gasteiger partial charge is 0.0640 e. The highest BCUT2D eigenvalue weighted by molar-refractivity contribution is 7.26. The zero-order valence-electron chi connectivity index (χ0n) is 26.6. The normalized spacial score (nSPS) is 11.7. The van der Waals surface area contributed by atoms with Gasteiger partial charge in [0, 0.05) is 43.3 Å². The van der Waals surface area contributed by atoms with Crippen molar-refractivity contribution < 1.29 is 0 Å². The summed E-state index contributed by atoms with van der Waals surface area (Å²) < 4.78 is 4.99. The highest BCUT2D eigenvalue weighted by atomic mass is 32.1. The number of rotatable bonds is 5. The summed E-state index contributed by atoms with van der Waals surface area (Å²) in [6, 6.07) is 66.1. The number of nitrogens with zero attached hydrogens (tertiary/aromatic N) is 2. The fourth-order valence-corrected chi connectivity index (χ4v) is 8.79. The molecule has 0 radical (unpaired) electrons. The van der Waals surface area contributed by atoms with Crippen molar-refractivity contribution in [2.45, 2.75) is 0 Å². The van der Waals surface area contributed by atoms with Gasteiger partial charge < -0.3 is 9.47 Å². The monoisotopic (exact) mass is 642 g/mol. The summed E-state index contributed by atoms with van der Waals surface area (Å²) in [5.74, 6) is 0. The summed E-state index contributed by atoms with van der Waals surface area (Å²) in [5.41, 5.74) is 9.36. The Hall–Kier alpha value is -6.16. The predicted molar refractivity (Wildman–Crippen MR) is 211 cm³/mol. The molecule has 10 aromatic rings. The lowest BCUT2D eigenvalue weighted by Gasteiger charge is -2.27. The number of thiophene rings is 1. The van der Waals surface area contributed by atoms with E-state index in [-0.39, 0.29) is 0 Å². The van der Waals surface area contributed by atoms with Crippen molar-refractivity contribution in [3.63, 3.8) is 0 Å². The fraction of sp³-hybridized carbons (Fsp3) is 0. The molecule has 0 saturated carbocycles. The van der Waals surface area contributed by atoms with Crippen molar-refractivity contribution in [1.29, 1.82) is 0 Å². The lowest BCUT2D eigenvalue weighted by atomic mass is 10.0. The summed E-state index contributed by atoms with van der Waals surface area (Å²) in [5, 5.41) is 7.69. The first-order chi connectivity index (χ1) is 24.3. The average molecular weight is 643 g/mol. The van der Waals surface area contributed by atoms with Crippen molar-refractivity contribution in [2.24, 2.45) is 0 Å². The van der Waals surface area contributed by atoms with E-state index >= 15 is 0 Å². The molecule has 0 amide bonds. The molecule has 8 aromatic carbocycles. The molecule has 2 heterocycles. The number of anilines is 3. The predicted octanol–water partition coefficient (Wildman–Crippen LogP) is 13.4. The van der Waals surface area contributed by atoms with Crippen LogP contribution in [0.25, 0.3) is 69.6 Å². The minimum atomic E-state index is 1.12. The van der Waals surface area contributed by atoms with E-state index in [4.69, 9.17) is 0 Å². The molecule has 49 heavy (non-hydrogen) atoms. The Morgan fingerprint density at radius 1 is 0.429 bits per heavy atom. The van der Waals surface area contributed by atoms with E-state index in [0.29, 0.717) is 0 Å². The Morgan fingerprint density at radius 2 is 1.10 bits per heavy atom. The van der Waals surface area contributed by atoms with Gasteiger partial charge in [0.15, 0.2) is 0 Å². The van der Waals surface area contributed by atoms with E-state index in [9.17, 15) is 0 Å². The zero-order valence-corrected chi connectivity index (χ0v) is 27.4.